The Bertz CT molecular complexity index is 1080. The second kappa shape index (κ2) is 8.79. The average molecular weight is 410 g/mol. The summed E-state index contributed by atoms with van der Waals surface area (Å²) in [5.74, 6) is 0.376. The minimum Gasteiger partial charge on any atom is -0.497 e. The summed E-state index contributed by atoms with van der Waals surface area (Å²) in [5, 5.41) is 2.88. The summed E-state index contributed by atoms with van der Waals surface area (Å²) in [6.45, 7) is 1.86. The van der Waals surface area contributed by atoms with Crippen LogP contribution in [0.2, 0.25) is 0 Å². The number of amides is 1. The third-order valence-corrected chi connectivity index (χ3v) is 5.77. The average Bonchev–Trinajstić information content (AvgIpc) is 2.74. The first-order valence-electron chi connectivity index (χ1n) is 9.02. The van der Waals surface area contributed by atoms with Gasteiger partial charge in [-0.05, 0) is 55.0 Å². The number of carbonyl (C=O) groups excluding carboxylic acids is 1. The number of hydrogen-bond donors (Lipinski definition) is 2. The van der Waals surface area contributed by atoms with Crippen molar-refractivity contribution in [2.45, 2.75) is 17.9 Å². The van der Waals surface area contributed by atoms with Crippen LogP contribution in [-0.2, 0) is 10.0 Å². The van der Waals surface area contributed by atoms with Crippen LogP contribution in [0.1, 0.15) is 28.9 Å². The summed E-state index contributed by atoms with van der Waals surface area (Å²) in [6, 6.07) is 21.7. The molecule has 3 rings (SSSR count). The lowest BCUT2D eigenvalue weighted by atomic mass is 10.1. The zero-order valence-corrected chi connectivity index (χ0v) is 16.9. The maximum atomic E-state index is 12.6. The molecule has 1 unspecified atom stereocenters. The van der Waals surface area contributed by atoms with Gasteiger partial charge in [0.15, 0.2) is 0 Å². The quantitative estimate of drug-likeness (QED) is 0.617. The van der Waals surface area contributed by atoms with Crippen molar-refractivity contribution in [3.63, 3.8) is 0 Å². The van der Waals surface area contributed by atoms with Crippen molar-refractivity contribution in [2.75, 3.05) is 11.8 Å². The first kappa shape index (κ1) is 20.4. The lowest BCUT2D eigenvalue weighted by molar-refractivity contribution is 0.0939. The predicted molar refractivity (Wildman–Crippen MR) is 113 cm³/mol. The van der Waals surface area contributed by atoms with E-state index >= 15 is 0 Å². The van der Waals surface area contributed by atoms with Crippen molar-refractivity contribution in [1.29, 1.82) is 0 Å². The molecule has 6 nitrogen and oxygen atoms in total. The van der Waals surface area contributed by atoms with Crippen LogP contribution >= 0.6 is 0 Å². The van der Waals surface area contributed by atoms with Gasteiger partial charge in [-0.25, -0.2) is 8.42 Å². The Morgan fingerprint density at radius 3 is 2.28 bits per heavy atom. The molecule has 1 atom stereocenters. The van der Waals surface area contributed by atoms with Crippen molar-refractivity contribution in [3.8, 4) is 5.75 Å². The maximum Gasteiger partial charge on any atom is 0.261 e. The van der Waals surface area contributed by atoms with Crippen LogP contribution in [0, 0.1) is 0 Å². The molecule has 3 aromatic rings. The number of para-hydroxylation sites is 1. The van der Waals surface area contributed by atoms with Crippen LogP contribution in [-0.4, -0.2) is 21.4 Å². The molecule has 0 radical (unpaired) electrons. The second-order valence-electron chi connectivity index (χ2n) is 6.47. The van der Waals surface area contributed by atoms with Gasteiger partial charge in [-0.1, -0.05) is 36.4 Å². The van der Waals surface area contributed by atoms with Gasteiger partial charge in [0.2, 0.25) is 0 Å². The van der Waals surface area contributed by atoms with E-state index < -0.39 is 10.0 Å². The van der Waals surface area contributed by atoms with Gasteiger partial charge in [0.1, 0.15) is 5.75 Å². The molecule has 0 saturated carbocycles. The molecule has 7 heteroatoms. The van der Waals surface area contributed by atoms with E-state index in [4.69, 9.17) is 4.74 Å². The number of hydrogen-bond acceptors (Lipinski definition) is 4. The van der Waals surface area contributed by atoms with Crippen LogP contribution in [0.5, 0.6) is 5.75 Å². The minimum absolute atomic E-state index is 0.0195. The molecule has 0 heterocycles. The molecule has 0 saturated heterocycles. The van der Waals surface area contributed by atoms with Crippen LogP contribution in [0.15, 0.2) is 83.8 Å². The summed E-state index contributed by atoms with van der Waals surface area (Å²) in [7, 11) is -2.21. The van der Waals surface area contributed by atoms with Crippen molar-refractivity contribution < 1.29 is 17.9 Å². The third-order valence-electron chi connectivity index (χ3n) is 4.40. The van der Waals surface area contributed by atoms with Crippen molar-refractivity contribution in [1.82, 2.24) is 5.32 Å². The molecule has 2 N–H and O–H groups in total. The third kappa shape index (κ3) is 5.14. The standard InChI is InChI=1S/C22H22N2O4S/c1-16(17-11-13-20(28-2)14-12-17)23-22(25)18-7-6-10-21(15-18)29(26,27)24-19-8-4-3-5-9-19/h3-16,24H,1-2H3,(H,23,25). The fourth-order valence-electron chi connectivity index (χ4n) is 2.78. The van der Waals surface area contributed by atoms with Gasteiger partial charge in [-0.2, -0.15) is 0 Å². The van der Waals surface area contributed by atoms with Crippen LogP contribution < -0.4 is 14.8 Å². The maximum absolute atomic E-state index is 12.6. The Balaban J connectivity index is 1.74. The van der Waals surface area contributed by atoms with E-state index in [-0.39, 0.29) is 22.4 Å². The number of nitrogens with one attached hydrogen (secondary N) is 2. The lowest BCUT2D eigenvalue weighted by Crippen LogP contribution is -2.27. The number of methoxy groups -OCH3 is 1. The molecule has 0 aliphatic carbocycles. The smallest absolute Gasteiger partial charge is 0.261 e. The molecule has 3 aromatic carbocycles. The van der Waals surface area contributed by atoms with E-state index in [1.807, 2.05) is 31.2 Å². The summed E-state index contributed by atoms with van der Waals surface area (Å²) in [5.41, 5.74) is 1.63. The SMILES string of the molecule is COc1ccc(C(C)NC(=O)c2cccc(S(=O)(=O)Nc3ccccc3)c2)cc1. The van der Waals surface area contributed by atoms with Gasteiger partial charge in [-0.15, -0.1) is 0 Å². The van der Waals surface area contributed by atoms with Crippen molar-refractivity contribution in [3.05, 3.63) is 90.0 Å². The molecular weight excluding hydrogens is 388 g/mol. The topological polar surface area (TPSA) is 84.5 Å². The molecule has 29 heavy (non-hydrogen) atoms. The van der Waals surface area contributed by atoms with Gasteiger partial charge in [0.05, 0.1) is 18.0 Å². The van der Waals surface area contributed by atoms with Crippen molar-refractivity contribution >= 4 is 21.6 Å². The van der Waals surface area contributed by atoms with E-state index in [2.05, 4.69) is 10.0 Å². The fraction of sp³-hybridized carbons (Fsp3) is 0.136. The molecule has 0 aliphatic rings. The highest BCUT2D eigenvalue weighted by atomic mass is 32.2. The number of carbonyl (C=O) groups is 1. The monoisotopic (exact) mass is 410 g/mol. The summed E-state index contributed by atoms with van der Waals surface area (Å²) >= 11 is 0. The Morgan fingerprint density at radius 1 is 0.931 bits per heavy atom. The van der Waals surface area contributed by atoms with Crippen LogP contribution in [0.4, 0.5) is 5.69 Å². The molecular formula is C22H22N2O4S. The number of sulfonamides is 1. The number of ether oxygens (including phenoxy) is 1. The highest BCUT2D eigenvalue weighted by molar-refractivity contribution is 7.92. The molecule has 0 fully saturated rings. The summed E-state index contributed by atoms with van der Waals surface area (Å²) in [6.07, 6.45) is 0. The molecule has 150 valence electrons. The summed E-state index contributed by atoms with van der Waals surface area (Å²) < 4.78 is 32.9. The first-order valence-corrected chi connectivity index (χ1v) is 10.5. The van der Waals surface area contributed by atoms with Gasteiger partial charge >= 0.3 is 0 Å². The fourth-order valence-corrected chi connectivity index (χ4v) is 3.88. The Labute approximate surface area is 170 Å². The first-order chi connectivity index (χ1) is 13.9. The minimum atomic E-state index is -3.80. The van der Waals surface area contributed by atoms with Gasteiger partial charge in [-0.3, -0.25) is 9.52 Å². The number of anilines is 1. The lowest BCUT2D eigenvalue weighted by Gasteiger charge is -2.15. The van der Waals surface area contributed by atoms with Gasteiger partial charge in [0.25, 0.3) is 15.9 Å². The largest absolute Gasteiger partial charge is 0.497 e. The van der Waals surface area contributed by atoms with E-state index in [0.717, 1.165) is 11.3 Å². The molecule has 0 aliphatic heterocycles. The van der Waals surface area contributed by atoms with E-state index in [9.17, 15) is 13.2 Å². The van der Waals surface area contributed by atoms with Crippen molar-refractivity contribution in [2.24, 2.45) is 0 Å². The van der Waals surface area contributed by atoms with Gasteiger partial charge < -0.3 is 10.1 Å². The van der Waals surface area contributed by atoms with Crippen LogP contribution in [0.3, 0.4) is 0 Å². The Morgan fingerprint density at radius 2 is 1.62 bits per heavy atom. The normalized spacial score (nSPS) is 12.1. The van der Waals surface area contributed by atoms with E-state index in [0.29, 0.717) is 5.69 Å². The number of rotatable bonds is 7. The molecule has 0 aromatic heterocycles. The molecule has 1 amide bonds. The zero-order chi connectivity index (χ0) is 20.9. The molecule has 0 spiro atoms. The Hall–Kier alpha value is -3.32. The number of benzene rings is 3. The molecule has 0 bridgehead atoms. The van der Waals surface area contributed by atoms with Gasteiger partial charge in [0, 0.05) is 11.3 Å². The second-order valence-corrected chi connectivity index (χ2v) is 8.15. The Kier molecular flexibility index (Phi) is 6.19. The van der Waals surface area contributed by atoms with E-state index in [1.54, 1.807) is 49.6 Å². The summed E-state index contributed by atoms with van der Waals surface area (Å²) in [4.78, 5) is 12.7. The highest BCUT2D eigenvalue weighted by Gasteiger charge is 2.17. The van der Waals surface area contributed by atoms with Crippen LogP contribution in [0.25, 0.3) is 0 Å². The zero-order valence-electron chi connectivity index (χ0n) is 16.1. The predicted octanol–water partition coefficient (Wildman–Crippen LogP) is 3.99. The van der Waals surface area contributed by atoms with E-state index in [1.165, 1.54) is 12.1 Å². The highest BCUT2D eigenvalue weighted by Crippen LogP contribution is 2.20.